The molecule has 0 aliphatic carbocycles. The molecule has 2 aromatic rings. The molecule has 1 spiro atoms. The number of hydrazone groups is 1. The summed E-state index contributed by atoms with van der Waals surface area (Å²) in [7, 11) is 3.03. The first kappa shape index (κ1) is 24.6. The predicted octanol–water partition coefficient (Wildman–Crippen LogP) is 2.10. The van der Waals surface area contributed by atoms with E-state index < -0.39 is 18.2 Å². The molecule has 4 heterocycles. The fourth-order valence-electron chi connectivity index (χ4n) is 4.73. The van der Waals surface area contributed by atoms with Gasteiger partial charge in [0.2, 0.25) is 11.8 Å². The molecule has 35 heavy (non-hydrogen) atoms. The van der Waals surface area contributed by atoms with Crippen LogP contribution in [0.5, 0.6) is 5.88 Å². The predicted molar refractivity (Wildman–Crippen MR) is 127 cm³/mol. The highest BCUT2D eigenvalue weighted by Gasteiger charge is 2.43. The molecule has 0 unspecified atom stereocenters. The smallest absolute Gasteiger partial charge is 0.297 e. The van der Waals surface area contributed by atoms with Crippen LogP contribution in [-0.2, 0) is 11.2 Å². The molecular formula is C23H30F2N8O2. The van der Waals surface area contributed by atoms with Gasteiger partial charge in [0, 0.05) is 31.8 Å². The minimum absolute atomic E-state index is 0.00890. The van der Waals surface area contributed by atoms with Gasteiger partial charge in [-0.3, -0.25) is 4.79 Å². The molecule has 188 valence electrons. The van der Waals surface area contributed by atoms with E-state index in [4.69, 9.17) is 15.5 Å². The first-order chi connectivity index (χ1) is 16.7. The number of aromatic nitrogens is 3. The van der Waals surface area contributed by atoms with E-state index in [1.165, 1.54) is 13.2 Å². The number of fused-ring (bicyclic) bond motifs is 1. The third-order valence-corrected chi connectivity index (χ3v) is 6.68. The fraction of sp³-hybridized carbons (Fsp3) is 0.522. The number of methoxy groups -OCH3 is 1. The fourth-order valence-corrected chi connectivity index (χ4v) is 4.73. The number of pyridine rings is 1. The summed E-state index contributed by atoms with van der Waals surface area (Å²) in [6.45, 7) is 4.59. The van der Waals surface area contributed by atoms with Gasteiger partial charge in [0.1, 0.15) is 5.82 Å². The number of nitrogens with one attached hydrogen (secondary N) is 2. The SMILES string of the molecule is CN/N=C(\N)c1cc2c(nc1C)N[C@@]1(CC2)CCN(C(=O)[C@@H](C)c2cc(OC)nc(C(F)F)n2)C1. The van der Waals surface area contributed by atoms with Gasteiger partial charge in [-0.15, -0.1) is 0 Å². The van der Waals surface area contributed by atoms with Crippen LogP contribution < -0.4 is 21.2 Å². The van der Waals surface area contributed by atoms with Crippen LogP contribution in [0.1, 0.15) is 60.4 Å². The molecular weight excluding hydrogens is 458 g/mol. The Bertz CT molecular complexity index is 1160. The van der Waals surface area contributed by atoms with Crippen LogP contribution in [0.4, 0.5) is 14.6 Å². The van der Waals surface area contributed by atoms with E-state index >= 15 is 0 Å². The minimum atomic E-state index is -2.86. The summed E-state index contributed by atoms with van der Waals surface area (Å²) < 4.78 is 31.5. The average molecular weight is 489 g/mol. The van der Waals surface area contributed by atoms with E-state index in [1.807, 2.05) is 13.0 Å². The van der Waals surface area contributed by atoms with Gasteiger partial charge in [-0.2, -0.15) is 10.1 Å². The molecule has 2 aromatic heterocycles. The van der Waals surface area contributed by atoms with Crippen molar-refractivity contribution >= 4 is 17.6 Å². The van der Waals surface area contributed by atoms with Crippen LogP contribution in [0.25, 0.3) is 0 Å². The average Bonchev–Trinajstić information content (AvgIpc) is 3.25. The Labute approximate surface area is 202 Å². The molecule has 4 N–H and O–H groups in total. The van der Waals surface area contributed by atoms with Gasteiger partial charge in [-0.05, 0) is 44.7 Å². The number of amides is 1. The Hall–Kier alpha value is -3.57. The Morgan fingerprint density at radius 3 is 2.77 bits per heavy atom. The number of halogens is 2. The third kappa shape index (κ3) is 4.82. The summed E-state index contributed by atoms with van der Waals surface area (Å²) in [5, 5.41) is 7.62. The van der Waals surface area contributed by atoms with Gasteiger partial charge in [-0.25, -0.2) is 18.7 Å². The standard InChI is InChI=1S/C23H30F2N8O2/c1-12(16-10-17(35-4)30-21(29-16)18(24)25)22(34)33-8-7-23(11-33)6-5-14-9-15(19(26)32-27-3)13(2)28-20(14)31-23/h9-10,12,18,27H,5-8,11H2,1-4H3,(H2,26,32)(H,28,31)/t12-,23-/m0/s1. The van der Waals surface area contributed by atoms with Gasteiger partial charge in [0.05, 0.1) is 30.0 Å². The van der Waals surface area contributed by atoms with Gasteiger partial charge in [-0.1, -0.05) is 0 Å². The lowest BCUT2D eigenvalue weighted by molar-refractivity contribution is -0.131. The summed E-state index contributed by atoms with van der Waals surface area (Å²) >= 11 is 0. The Morgan fingerprint density at radius 1 is 1.31 bits per heavy atom. The number of rotatable bonds is 6. The van der Waals surface area contributed by atoms with Gasteiger partial charge in [0.25, 0.3) is 6.43 Å². The zero-order valence-corrected chi connectivity index (χ0v) is 20.2. The number of ether oxygens (including phenoxy) is 1. The molecule has 0 radical (unpaired) electrons. The maximum atomic E-state index is 13.3. The molecule has 1 saturated heterocycles. The van der Waals surface area contributed by atoms with E-state index in [0.29, 0.717) is 18.9 Å². The van der Waals surface area contributed by atoms with Crippen molar-refractivity contribution in [2.75, 3.05) is 32.6 Å². The Morgan fingerprint density at radius 2 is 2.09 bits per heavy atom. The number of nitrogens with zero attached hydrogens (tertiary/aromatic N) is 5. The van der Waals surface area contributed by atoms with Crippen LogP contribution in [-0.4, -0.2) is 64.4 Å². The highest BCUT2D eigenvalue weighted by molar-refractivity contribution is 5.98. The van der Waals surface area contributed by atoms with E-state index in [-0.39, 0.29) is 23.0 Å². The van der Waals surface area contributed by atoms with E-state index in [2.05, 4.69) is 25.8 Å². The van der Waals surface area contributed by atoms with Gasteiger partial charge >= 0.3 is 0 Å². The quantitative estimate of drug-likeness (QED) is 0.320. The van der Waals surface area contributed by atoms with Gasteiger partial charge in [0.15, 0.2) is 11.7 Å². The number of carbonyl (C=O) groups is 1. The third-order valence-electron chi connectivity index (χ3n) is 6.68. The van der Waals surface area contributed by atoms with Crippen molar-refractivity contribution in [2.24, 2.45) is 10.8 Å². The lowest BCUT2D eigenvalue weighted by atomic mass is 9.86. The van der Waals surface area contributed by atoms with Crippen LogP contribution >= 0.6 is 0 Å². The molecule has 0 aromatic carbocycles. The Kier molecular flexibility index (Phi) is 6.73. The van der Waals surface area contributed by atoms with E-state index in [1.54, 1.807) is 18.9 Å². The lowest BCUT2D eigenvalue weighted by Crippen LogP contribution is -2.46. The summed E-state index contributed by atoms with van der Waals surface area (Å²) in [5.74, 6) is -0.361. The highest BCUT2D eigenvalue weighted by atomic mass is 19.3. The number of aryl methyl sites for hydroxylation is 2. The number of amidine groups is 1. The van der Waals surface area contributed by atoms with Crippen molar-refractivity contribution in [3.63, 3.8) is 0 Å². The second-order valence-corrected chi connectivity index (χ2v) is 8.98. The summed E-state index contributed by atoms with van der Waals surface area (Å²) in [5.41, 5.74) is 11.3. The number of hydrogen-bond acceptors (Lipinski definition) is 8. The molecule has 2 aliphatic rings. The topological polar surface area (TPSA) is 131 Å². The largest absolute Gasteiger partial charge is 0.481 e. The Balaban J connectivity index is 1.51. The van der Waals surface area contributed by atoms with E-state index in [9.17, 15) is 13.6 Å². The molecule has 12 heteroatoms. The highest BCUT2D eigenvalue weighted by Crippen LogP contribution is 2.37. The number of nitrogens with two attached hydrogens (primary N) is 1. The first-order valence-corrected chi connectivity index (χ1v) is 11.4. The van der Waals surface area contributed by atoms with Crippen molar-refractivity contribution in [1.82, 2.24) is 25.3 Å². The zero-order valence-electron chi connectivity index (χ0n) is 20.2. The van der Waals surface area contributed by atoms with Gasteiger partial charge < -0.3 is 26.1 Å². The molecule has 0 bridgehead atoms. The van der Waals surface area contributed by atoms with Crippen LogP contribution in [0.2, 0.25) is 0 Å². The van der Waals surface area contributed by atoms with Crippen LogP contribution in [0.3, 0.4) is 0 Å². The van der Waals surface area contributed by atoms with Crippen molar-refractivity contribution in [3.05, 3.63) is 40.5 Å². The second kappa shape index (κ2) is 9.59. The van der Waals surface area contributed by atoms with Crippen molar-refractivity contribution < 1.29 is 18.3 Å². The number of carbonyl (C=O) groups excluding carboxylic acids is 1. The van der Waals surface area contributed by atoms with Crippen molar-refractivity contribution in [2.45, 2.75) is 51.0 Å². The zero-order chi connectivity index (χ0) is 25.3. The number of anilines is 1. The summed E-state index contributed by atoms with van der Waals surface area (Å²) in [6.07, 6.45) is -0.494. The number of alkyl halides is 2. The van der Waals surface area contributed by atoms with Crippen LogP contribution in [0, 0.1) is 6.92 Å². The molecule has 2 aliphatic heterocycles. The van der Waals surface area contributed by atoms with Crippen LogP contribution in [0.15, 0.2) is 17.2 Å². The molecule has 1 fully saturated rings. The van der Waals surface area contributed by atoms with Crippen molar-refractivity contribution in [3.8, 4) is 5.88 Å². The second-order valence-electron chi connectivity index (χ2n) is 8.98. The summed E-state index contributed by atoms with van der Waals surface area (Å²) in [6, 6.07) is 3.44. The molecule has 1 amide bonds. The lowest BCUT2D eigenvalue weighted by Gasteiger charge is -2.36. The molecule has 2 atom stereocenters. The first-order valence-electron chi connectivity index (χ1n) is 11.4. The number of likely N-dealkylation sites (tertiary alicyclic amines) is 1. The monoisotopic (exact) mass is 488 g/mol. The maximum Gasteiger partial charge on any atom is 0.297 e. The molecule has 4 rings (SSSR count). The minimum Gasteiger partial charge on any atom is -0.481 e. The maximum absolute atomic E-state index is 13.3. The normalized spacial score (nSPS) is 20.5. The molecule has 0 saturated carbocycles. The van der Waals surface area contributed by atoms with Crippen molar-refractivity contribution in [1.29, 1.82) is 0 Å². The summed E-state index contributed by atoms with van der Waals surface area (Å²) in [4.78, 5) is 27.4. The number of hydrogen-bond donors (Lipinski definition) is 3. The van der Waals surface area contributed by atoms with E-state index in [0.717, 1.165) is 41.9 Å². The molecule has 10 nitrogen and oxygen atoms in total.